The normalized spacial score (nSPS) is 12.7. The zero-order chi connectivity index (χ0) is 13.3. The lowest BCUT2D eigenvalue weighted by molar-refractivity contribution is 0.196. The third-order valence-corrected chi connectivity index (χ3v) is 3.74. The molecule has 96 valence electrons. The lowest BCUT2D eigenvalue weighted by Gasteiger charge is -2.12. The average Bonchev–Trinajstić information content (AvgIpc) is 2.69. The maximum atomic E-state index is 13.5. The highest BCUT2D eigenvalue weighted by molar-refractivity contribution is 7.99. The van der Waals surface area contributed by atoms with Gasteiger partial charge in [-0.15, -0.1) is 0 Å². The molecule has 0 bridgehead atoms. The molecule has 1 aromatic heterocycles. The Balaban J connectivity index is 2.43. The smallest absolute Gasteiger partial charge is 0.190 e. The van der Waals surface area contributed by atoms with Crippen molar-refractivity contribution in [3.8, 4) is 0 Å². The summed E-state index contributed by atoms with van der Waals surface area (Å²) in [6.07, 6.45) is 0.733. The van der Waals surface area contributed by atoms with E-state index in [1.54, 1.807) is 31.6 Å². The standard InChI is InChI=1S/C12H14FN3OS/c1-7-4-11(9(8(2)17)5-10(7)13)18-12-14-6-15-16(12)3/h4-6,8,17H,1-3H3. The quantitative estimate of drug-likeness (QED) is 0.928. The van der Waals surface area contributed by atoms with Gasteiger partial charge in [0.1, 0.15) is 12.1 Å². The van der Waals surface area contributed by atoms with Gasteiger partial charge in [0.15, 0.2) is 5.16 Å². The van der Waals surface area contributed by atoms with E-state index < -0.39 is 6.10 Å². The van der Waals surface area contributed by atoms with Crippen LogP contribution in [-0.4, -0.2) is 19.9 Å². The summed E-state index contributed by atoms with van der Waals surface area (Å²) in [7, 11) is 1.79. The van der Waals surface area contributed by atoms with Crippen LogP contribution in [0.25, 0.3) is 0 Å². The van der Waals surface area contributed by atoms with E-state index in [0.717, 1.165) is 4.90 Å². The topological polar surface area (TPSA) is 50.9 Å². The highest BCUT2D eigenvalue weighted by Crippen LogP contribution is 2.33. The van der Waals surface area contributed by atoms with Crippen LogP contribution in [0.5, 0.6) is 0 Å². The maximum Gasteiger partial charge on any atom is 0.190 e. The number of halogens is 1. The molecule has 1 unspecified atom stereocenters. The van der Waals surface area contributed by atoms with Gasteiger partial charge in [0.2, 0.25) is 0 Å². The number of aromatic nitrogens is 3. The molecule has 18 heavy (non-hydrogen) atoms. The van der Waals surface area contributed by atoms with Gasteiger partial charge in [-0.3, -0.25) is 0 Å². The highest BCUT2D eigenvalue weighted by Gasteiger charge is 2.14. The molecule has 2 aromatic rings. The van der Waals surface area contributed by atoms with Gasteiger partial charge in [0.05, 0.1) is 6.10 Å². The molecule has 2 rings (SSSR count). The molecular weight excluding hydrogens is 253 g/mol. The number of aliphatic hydroxyl groups is 1. The predicted molar refractivity (Wildman–Crippen MR) is 66.9 cm³/mol. The number of hydrogen-bond donors (Lipinski definition) is 1. The minimum Gasteiger partial charge on any atom is -0.389 e. The number of rotatable bonds is 3. The van der Waals surface area contributed by atoms with Crippen molar-refractivity contribution in [1.82, 2.24) is 14.8 Å². The average molecular weight is 267 g/mol. The van der Waals surface area contributed by atoms with Crippen molar-refractivity contribution in [3.63, 3.8) is 0 Å². The van der Waals surface area contributed by atoms with E-state index in [2.05, 4.69) is 10.1 Å². The van der Waals surface area contributed by atoms with Crippen LogP contribution in [0.1, 0.15) is 24.2 Å². The van der Waals surface area contributed by atoms with E-state index >= 15 is 0 Å². The summed E-state index contributed by atoms with van der Waals surface area (Å²) in [4.78, 5) is 4.89. The molecule has 1 aromatic carbocycles. The fourth-order valence-corrected chi connectivity index (χ4v) is 2.62. The molecule has 0 fully saturated rings. The molecule has 0 aliphatic heterocycles. The third kappa shape index (κ3) is 2.54. The maximum absolute atomic E-state index is 13.5. The summed E-state index contributed by atoms with van der Waals surface area (Å²) in [5.74, 6) is -0.312. The molecule has 1 atom stereocenters. The Morgan fingerprint density at radius 2 is 2.17 bits per heavy atom. The van der Waals surface area contributed by atoms with E-state index in [4.69, 9.17) is 0 Å². The summed E-state index contributed by atoms with van der Waals surface area (Å²) in [5, 5.41) is 14.4. The van der Waals surface area contributed by atoms with Gasteiger partial charge in [0.25, 0.3) is 0 Å². The fourth-order valence-electron chi connectivity index (χ4n) is 1.56. The first-order valence-electron chi connectivity index (χ1n) is 5.49. The van der Waals surface area contributed by atoms with Crippen LogP contribution in [0, 0.1) is 12.7 Å². The van der Waals surface area contributed by atoms with Crippen LogP contribution >= 0.6 is 11.8 Å². The largest absolute Gasteiger partial charge is 0.389 e. The van der Waals surface area contributed by atoms with Crippen molar-refractivity contribution in [1.29, 1.82) is 0 Å². The zero-order valence-corrected chi connectivity index (χ0v) is 11.2. The highest BCUT2D eigenvalue weighted by atomic mass is 32.2. The molecule has 1 N–H and O–H groups in total. The molecule has 6 heteroatoms. The minimum absolute atomic E-state index is 0.312. The number of hydrogen-bond acceptors (Lipinski definition) is 4. The Labute approximate surface area is 109 Å². The molecular formula is C12H14FN3OS. The van der Waals surface area contributed by atoms with Crippen molar-refractivity contribution in [3.05, 3.63) is 35.4 Å². The lowest BCUT2D eigenvalue weighted by Crippen LogP contribution is -1.99. The first-order chi connectivity index (χ1) is 8.49. The van der Waals surface area contributed by atoms with Gasteiger partial charge < -0.3 is 5.11 Å². The van der Waals surface area contributed by atoms with Gasteiger partial charge in [0, 0.05) is 11.9 Å². The van der Waals surface area contributed by atoms with Gasteiger partial charge in [-0.05, 0) is 48.9 Å². The molecule has 0 spiro atoms. The molecule has 0 amide bonds. The van der Waals surface area contributed by atoms with Crippen LogP contribution in [0.3, 0.4) is 0 Å². The van der Waals surface area contributed by atoms with Crippen LogP contribution in [0.15, 0.2) is 28.5 Å². The third-order valence-electron chi connectivity index (χ3n) is 2.61. The Morgan fingerprint density at radius 3 is 2.72 bits per heavy atom. The minimum atomic E-state index is -0.726. The molecule has 4 nitrogen and oxygen atoms in total. The summed E-state index contributed by atoms with van der Waals surface area (Å²) >= 11 is 1.36. The molecule has 1 heterocycles. The second-order valence-electron chi connectivity index (χ2n) is 4.08. The van der Waals surface area contributed by atoms with Crippen LogP contribution in [-0.2, 0) is 7.05 Å². The van der Waals surface area contributed by atoms with E-state index in [1.165, 1.54) is 24.2 Å². The van der Waals surface area contributed by atoms with Crippen LogP contribution in [0.4, 0.5) is 4.39 Å². The molecule has 0 aliphatic carbocycles. The first kappa shape index (κ1) is 13.0. The Kier molecular flexibility index (Phi) is 3.68. The Bertz CT molecular complexity index is 568. The number of benzene rings is 1. The van der Waals surface area contributed by atoms with Crippen molar-refractivity contribution < 1.29 is 9.50 Å². The second kappa shape index (κ2) is 5.07. The van der Waals surface area contributed by atoms with Crippen LogP contribution < -0.4 is 0 Å². The second-order valence-corrected chi connectivity index (χ2v) is 5.09. The molecule has 0 radical (unpaired) electrons. The van der Waals surface area contributed by atoms with E-state index in [1.807, 2.05) is 0 Å². The molecule has 0 aliphatic rings. The summed E-state index contributed by atoms with van der Waals surface area (Å²) in [6.45, 7) is 3.31. The van der Waals surface area contributed by atoms with E-state index in [9.17, 15) is 9.50 Å². The lowest BCUT2D eigenvalue weighted by atomic mass is 10.1. The van der Waals surface area contributed by atoms with Crippen molar-refractivity contribution in [2.24, 2.45) is 7.05 Å². The Hall–Kier alpha value is -1.40. The van der Waals surface area contributed by atoms with Crippen LogP contribution in [0.2, 0.25) is 0 Å². The number of aryl methyl sites for hydroxylation is 2. The summed E-state index contributed by atoms with van der Waals surface area (Å²) in [6, 6.07) is 3.09. The predicted octanol–water partition coefficient (Wildman–Crippen LogP) is 2.47. The number of nitrogens with zero attached hydrogens (tertiary/aromatic N) is 3. The molecule has 0 saturated carbocycles. The SMILES string of the molecule is Cc1cc(Sc2ncnn2C)c(C(C)O)cc1F. The van der Waals surface area contributed by atoms with Crippen molar-refractivity contribution in [2.45, 2.75) is 30.0 Å². The van der Waals surface area contributed by atoms with Gasteiger partial charge in [-0.1, -0.05) is 0 Å². The van der Waals surface area contributed by atoms with Crippen molar-refractivity contribution in [2.75, 3.05) is 0 Å². The monoisotopic (exact) mass is 267 g/mol. The fraction of sp³-hybridized carbons (Fsp3) is 0.333. The van der Waals surface area contributed by atoms with Gasteiger partial charge in [-0.25, -0.2) is 14.1 Å². The summed E-state index contributed by atoms with van der Waals surface area (Å²) < 4.78 is 15.2. The van der Waals surface area contributed by atoms with E-state index in [0.29, 0.717) is 16.3 Å². The Morgan fingerprint density at radius 1 is 1.44 bits per heavy atom. The summed E-state index contributed by atoms with van der Waals surface area (Å²) in [5.41, 5.74) is 1.11. The number of aliphatic hydroxyl groups excluding tert-OH is 1. The van der Waals surface area contributed by atoms with E-state index in [-0.39, 0.29) is 5.82 Å². The zero-order valence-electron chi connectivity index (χ0n) is 10.4. The van der Waals surface area contributed by atoms with Gasteiger partial charge in [-0.2, -0.15) is 5.10 Å². The first-order valence-corrected chi connectivity index (χ1v) is 6.30. The molecule has 0 saturated heterocycles. The van der Waals surface area contributed by atoms with Gasteiger partial charge >= 0.3 is 0 Å². The van der Waals surface area contributed by atoms with Crippen molar-refractivity contribution >= 4 is 11.8 Å².